The molecule has 0 bridgehead atoms. The summed E-state index contributed by atoms with van der Waals surface area (Å²) in [6.07, 6.45) is 27.5. The summed E-state index contributed by atoms with van der Waals surface area (Å²) >= 11 is 0. The molecular formula is C22H40O2. The minimum atomic E-state index is 0.0936. The molecule has 0 aliphatic carbocycles. The van der Waals surface area contributed by atoms with Crippen molar-refractivity contribution in [3.05, 3.63) is 0 Å². The summed E-state index contributed by atoms with van der Waals surface area (Å²) < 4.78 is 11.3. The highest BCUT2D eigenvalue weighted by atomic mass is 16.7. The molecule has 0 aromatic rings. The molecule has 1 rings (SSSR count). The third-order valence-electron chi connectivity index (χ3n) is 4.91. The standard InChI is InChI=1S/C22H40O2/c1-2-3-4-5-6-7-8-9-10-11-12-13-14-15-17-20-23-22-19-16-18-21-24-22/h1,22H,3-21H2. The number of hydrogen-bond donors (Lipinski definition) is 0. The quantitative estimate of drug-likeness (QED) is 0.233. The van der Waals surface area contributed by atoms with Gasteiger partial charge >= 0.3 is 0 Å². The van der Waals surface area contributed by atoms with Crippen LogP contribution < -0.4 is 0 Å². The number of hydrogen-bond acceptors (Lipinski definition) is 2. The van der Waals surface area contributed by atoms with Gasteiger partial charge in [0.2, 0.25) is 0 Å². The molecule has 0 saturated carbocycles. The van der Waals surface area contributed by atoms with Crippen LogP contribution in [-0.4, -0.2) is 19.5 Å². The molecule has 0 N–H and O–H groups in total. The predicted octanol–water partition coefficient (Wildman–Crippen LogP) is 6.62. The van der Waals surface area contributed by atoms with Crippen LogP contribution in [0.4, 0.5) is 0 Å². The van der Waals surface area contributed by atoms with E-state index in [1.807, 2.05) is 0 Å². The van der Waals surface area contributed by atoms with Gasteiger partial charge in [-0.2, -0.15) is 0 Å². The van der Waals surface area contributed by atoms with Gasteiger partial charge in [0.15, 0.2) is 6.29 Å². The van der Waals surface area contributed by atoms with Gasteiger partial charge in [-0.1, -0.05) is 70.6 Å². The topological polar surface area (TPSA) is 18.5 Å². The van der Waals surface area contributed by atoms with Crippen LogP contribution in [0.3, 0.4) is 0 Å². The van der Waals surface area contributed by atoms with E-state index in [-0.39, 0.29) is 6.29 Å². The summed E-state index contributed by atoms with van der Waals surface area (Å²) in [5, 5.41) is 0. The van der Waals surface area contributed by atoms with Gasteiger partial charge in [0.25, 0.3) is 0 Å². The summed E-state index contributed by atoms with van der Waals surface area (Å²) in [4.78, 5) is 0. The van der Waals surface area contributed by atoms with E-state index in [9.17, 15) is 0 Å². The Hall–Kier alpha value is -0.520. The minimum Gasteiger partial charge on any atom is -0.353 e. The maximum Gasteiger partial charge on any atom is 0.157 e. The van der Waals surface area contributed by atoms with Gasteiger partial charge in [-0.3, -0.25) is 0 Å². The van der Waals surface area contributed by atoms with E-state index in [1.54, 1.807) is 0 Å². The third kappa shape index (κ3) is 13.9. The second kappa shape index (κ2) is 17.3. The first-order valence-corrected chi connectivity index (χ1v) is 10.6. The van der Waals surface area contributed by atoms with Crippen molar-refractivity contribution in [2.24, 2.45) is 0 Å². The summed E-state index contributed by atoms with van der Waals surface area (Å²) in [6.45, 7) is 1.77. The molecule has 2 heteroatoms. The Morgan fingerprint density at radius 2 is 1.29 bits per heavy atom. The van der Waals surface area contributed by atoms with Gasteiger partial charge in [-0.25, -0.2) is 0 Å². The van der Waals surface area contributed by atoms with Gasteiger partial charge in [0, 0.05) is 19.6 Å². The van der Waals surface area contributed by atoms with Crippen molar-refractivity contribution in [2.45, 2.75) is 115 Å². The lowest BCUT2D eigenvalue weighted by molar-refractivity contribution is -0.162. The molecular weight excluding hydrogens is 296 g/mol. The molecule has 0 aromatic carbocycles. The largest absolute Gasteiger partial charge is 0.353 e. The van der Waals surface area contributed by atoms with Gasteiger partial charge in [0.1, 0.15) is 0 Å². The van der Waals surface area contributed by atoms with E-state index in [2.05, 4.69) is 5.92 Å². The molecule has 2 nitrogen and oxygen atoms in total. The fourth-order valence-electron chi connectivity index (χ4n) is 3.33. The lowest BCUT2D eigenvalue weighted by Gasteiger charge is -2.22. The smallest absolute Gasteiger partial charge is 0.157 e. The summed E-state index contributed by atoms with van der Waals surface area (Å²) in [6, 6.07) is 0. The maximum absolute atomic E-state index is 5.76. The fourth-order valence-corrected chi connectivity index (χ4v) is 3.33. The number of ether oxygens (including phenoxy) is 2. The summed E-state index contributed by atoms with van der Waals surface area (Å²) in [5.41, 5.74) is 0. The maximum atomic E-state index is 5.76. The van der Waals surface area contributed by atoms with Crippen LogP contribution in [0.25, 0.3) is 0 Å². The van der Waals surface area contributed by atoms with Crippen LogP contribution in [0.15, 0.2) is 0 Å². The van der Waals surface area contributed by atoms with E-state index in [0.717, 1.165) is 26.1 Å². The zero-order valence-corrected chi connectivity index (χ0v) is 15.9. The molecule has 1 unspecified atom stereocenters. The van der Waals surface area contributed by atoms with Crippen molar-refractivity contribution in [3.8, 4) is 12.3 Å². The highest BCUT2D eigenvalue weighted by molar-refractivity contribution is 4.82. The zero-order chi connectivity index (χ0) is 17.1. The second-order valence-corrected chi connectivity index (χ2v) is 7.22. The van der Waals surface area contributed by atoms with Crippen molar-refractivity contribution in [2.75, 3.05) is 13.2 Å². The second-order valence-electron chi connectivity index (χ2n) is 7.22. The summed E-state index contributed by atoms with van der Waals surface area (Å²) in [5.74, 6) is 2.72. The molecule has 0 amide bonds. The first-order chi connectivity index (χ1) is 11.9. The molecule has 24 heavy (non-hydrogen) atoms. The predicted molar refractivity (Wildman–Crippen MR) is 103 cm³/mol. The van der Waals surface area contributed by atoms with Gasteiger partial charge < -0.3 is 9.47 Å². The molecule has 140 valence electrons. The average Bonchev–Trinajstić information content (AvgIpc) is 2.62. The van der Waals surface area contributed by atoms with E-state index in [4.69, 9.17) is 15.9 Å². The molecule has 1 saturated heterocycles. The summed E-state index contributed by atoms with van der Waals surface area (Å²) in [7, 11) is 0. The highest BCUT2D eigenvalue weighted by Gasteiger charge is 2.13. The Labute approximate surface area is 151 Å². The molecule has 1 fully saturated rings. The Bertz CT molecular complexity index is 289. The Morgan fingerprint density at radius 1 is 0.750 bits per heavy atom. The van der Waals surface area contributed by atoms with Crippen molar-refractivity contribution in [1.82, 2.24) is 0 Å². The monoisotopic (exact) mass is 336 g/mol. The van der Waals surface area contributed by atoms with Crippen LogP contribution in [-0.2, 0) is 9.47 Å². The first kappa shape index (κ1) is 21.5. The lowest BCUT2D eigenvalue weighted by Crippen LogP contribution is -2.22. The highest BCUT2D eigenvalue weighted by Crippen LogP contribution is 2.15. The van der Waals surface area contributed by atoms with Crippen molar-refractivity contribution < 1.29 is 9.47 Å². The van der Waals surface area contributed by atoms with Gasteiger partial charge in [-0.15, -0.1) is 12.3 Å². The molecule has 1 aliphatic heterocycles. The van der Waals surface area contributed by atoms with Gasteiger partial charge in [0.05, 0.1) is 0 Å². The molecule has 0 radical (unpaired) electrons. The fraction of sp³-hybridized carbons (Fsp3) is 0.909. The van der Waals surface area contributed by atoms with Crippen LogP contribution in [0, 0.1) is 12.3 Å². The van der Waals surface area contributed by atoms with Crippen molar-refractivity contribution in [3.63, 3.8) is 0 Å². The van der Waals surface area contributed by atoms with Crippen LogP contribution in [0.2, 0.25) is 0 Å². The Morgan fingerprint density at radius 3 is 1.79 bits per heavy atom. The average molecular weight is 337 g/mol. The SMILES string of the molecule is C#CCCCCCCCCCCCCCCCOC1CCCCO1. The molecule has 0 spiro atoms. The minimum absolute atomic E-state index is 0.0936. The molecule has 1 aliphatic rings. The molecule has 0 aromatic heterocycles. The van der Waals surface area contributed by atoms with Crippen LogP contribution >= 0.6 is 0 Å². The zero-order valence-electron chi connectivity index (χ0n) is 15.9. The van der Waals surface area contributed by atoms with Crippen molar-refractivity contribution >= 4 is 0 Å². The van der Waals surface area contributed by atoms with Gasteiger partial charge in [-0.05, 0) is 32.1 Å². The third-order valence-corrected chi connectivity index (χ3v) is 4.91. The number of terminal acetylenes is 1. The Kier molecular flexibility index (Phi) is 15.5. The van der Waals surface area contributed by atoms with E-state index in [1.165, 1.54) is 96.3 Å². The van der Waals surface area contributed by atoms with Crippen LogP contribution in [0.1, 0.15) is 109 Å². The number of unbranched alkanes of at least 4 members (excludes halogenated alkanes) is 13. The van der Waals surface area contributed by atoms with E-state index >= 15 is 0 Å². The molecule has 1 atom stereocenters. The Balaban J connectivity index is 1.67. The number of rotatable bonds is 16. The first-order valence-electron chi connectivity index (χ1n) is 10.6. The molecule has 1 heterocycles. The van der Waals surface area contributed by atoms with Crippen molar-refractivity contribution in [1.29, 1.82) is 0 Å². The van der Waals surface area contributed by atoms with E-state index in [0.29, 0.717) is 0 Å². The van der Waals surface area contributed by atoms with Crippen LogP contribution in [0.5, 0.6) is 0 Å². The normalized spacial score (nSPS) is 17.7. The van der Waals surface area contributed by atoms with E-state index < -0.39 is 0 Å². The lowest BCUT2D eigenvalue weighted by atomic mass is 10.0.